The molecule has 0 radical (unpaired) electrons. The molecule has 0 aromatic carbocycles. The van der Waals surface area contributed by atoms with Gasteiger partial charge in [-0.2, -0.15) is 5.10 Å². The topological polar surface area (TPSA) is 43.8 Å². The van der Waals surface area contributed by atoms with E-state index in [0.717, 1.165) is 29.4 Å². The summed E-state index contributed by atoms with van der Waals surface area (Å²) in [6.07, 6.45) is 7.07. The van der Waals surface area contributed by atoms with Crippen molar-refractivity contribution < 1.29 is 0 Å². The summed E-state index contributed by atoms with van der Waals surface area (Å²) in [5.74, 6) is 0. The summed E-state index contributed by atoms with van der Waals surface area (Å²) < 4.78 is 3.08. The van der Waals surface area contributed by atoms with Crippen molar-refractivity contribution in [3.8, 4) is 0 Å². The summed E-state index contributed by atoms with van der Waals surface area (Å²) in [6.45, 7) is 2.82. The summed E-state index contributed by atoms with van der Waals surface area (Å²) in [5.41, 5.74) is 7.76. The first-order valence-corrected chi connectivity index (χ1v) is 6.05. The van der Waals surface area contributed by atoms with Crippen LogP contribution in [0.4, 0.5) is 0 Å². The summed E-state index contributed by atoms with van der Waals surface area (Å²) in [7, 11) is 1.98. The smallest absolute Gasteiger partial charge is 0.0766 e. The van der Waals surface area contributed by atoms with Crippen molar-refractivity contribution in [1.29, 1.82) is 0 Å². The number of hydrogen-bond acceptors (Lipinski definition) is 2. The van der Waals surface area contributed by atoms with E-state index in [0.29, 0.717) is 6.54 Å². The van der Waals surface area contributed by atoms with Crippen molar-refractivity contribution in [2.45, 2.75) is 26.2 Å². The first-order chi connectivity index (χ1) is 7.20. The number of hydrogen-bond donors (Lipinski definition) is 1. The van der Waals surface area contributed by atoms with Crippen molar-refractivity contribution in [3.05, 3.63) is 28.0 Å². The van der Waals surface area contributed by atoms with E-state index in [-0.39, 0.29) is 0 Å². The van der Waals surface area contributed by atoms with Crippen LogP contribution in [0.5, 0.6) is 0 Å². The largest absolute Gasteiger partial charge is 0.330 e. The Bertz CT molecular complexity index is 342. The van der Waals surface area contributed by atoms with Crippen molar-refractivity contribution >= 4 is 15.9 Å². The zero-order chi connectivity index (χ0) is 11.3. The van der Waals surface area contributed by atoms with Gasteiger partial charge in [-0.3, -0.25) is 4.68 Å². The Hall–Kier alpha value is -0.610. The van der Waals surface area contributed by atoms with Gasteiger partial charge < -0.3 is 5.73 Å². The lowest BCUT2D eigenvalue weighted by molar-refractivity contribution is 0.712. The molecule has 0 aliphatic rings. The Morgan fingerprint density at radius 2 is 2.20 bits per heavy atom. The molecular formula is C11H18BrN3. The molecule has 3 nitrogen and oxygen atoms in total. The van der Waals surface area contributed by atoms with Gasteiger partial charge in [0, 0.05) is 13.5 Å². The molecule has 2 N–H and O–H groups in total. The predicted octanol–water partition coefficient (Wildman–Crippen LogP) is 2.19. The normalized spacial score (nSPS) is 11.5. The second-order valence-electron chi connectivity index (χ2n) is 3.44. The van der Waals surface area contributed by atoms with Gasteiger partial charge in [-0.05, 0) is 35.3 Å². The molecular weight excluding hydrogens is 254 g/mol. The monoisotopic (exact) mass is 271 g/mol. The first-order valence-electron chi connectivity index (χ1n) is 5.26. The molecule has 0 bridgehead atoms. The number of nitrogens with zero attached hydrogens (tertiary/aromatic N) is 2. The number of aryl methyl sites for hydroxylation is 2. The van der Waals surface area contributed by atoms with E-state index >= 15 is 0 Å². The minimum absolute atomic E-state index is 0.712. The van der Waals surface area contributed by atoms with Gasteiger partial charge in [0.25, 0.3) is 0 Å². The Morgan fingerprint density at radius 3 is 2.73 bits per heavy atom. The maximum absolute atomic E-state index is 5.42. The lowest BCUT2D eigenvalue weighted by Crippen LogP contribution is -1.98. The van der Waals surface area contributed by atoms with Crippen molar-refractivity contribution in [3.63, 3.8) is 0 Å². The molecule has 0 saturated carbocycles. The fourth-order valence-electron chi connectivity index (χ4n) is 1.45. The van der Waals surface area contributed by atoms with Gasteiger partial charge in [0.2, 0.25) is 0 Å². The van der Waals surface area contributed by atoms with E-state index in [1.807, 2.05) is 11.7 Å². The molecule has 4 heteroatoms. The average Bonchev–Trinajstić information content (AvgIpc) is 2.50. The van der Waals surface area contributed by atoms with E-state index in [1.165, 1.54) is 5.69 Å². The highest BCUT2D eigenvalue weighted by atomic mass is 79.9. The fraction of sp³-hybridized carbons (Fsp3) is 0.545. The van der Waals surface area contributed by atoms with E-state index in [2.05, 4.69) is 40.1 Å². The third kappa shape index (κ3) is 3.18. The standard InChI is InChI=1S/C11H18BrN3/c1-3-9-11(12)10(15(2)14-9)7-5-4-6-8-13/h4-5H,3,6-8,13H2,1-2H3. The van der Waals surface area contributed by atoms with Crippen LogP contribution in [0.25, 0.3) is 0 Å². The Kier molecular flexibility index (Phi) is 5.05. The van der Waals surface area contributed by atoms with Crippen LogP contribution in [0, 0.1) is 0 Å². The maximum atomic E-state index is 5.42. The molecule has 0 atom stereocenters. The van der Waals surface area contributed by atoms with E-state index in [9.17, 15) is 0 Å². The van der Waals surface area contributed by atoms with Crippen LogP contribution >= 0.6 is 15.9 Å². The molecule has 0 aliphatic heterocycles. The summed E-state index contributed by atoms with van der Waals surface area (Å²) in [5, 5.41) is 4.44. The third-order valence-electron chi connectivity index (χ3n) is 2.31. The van der Waals surface area contributed by atoms with Crippen LogP contribution in [0.15, 0.2) is 16.6 Å². The van der Waals surface area contributed by atoms with Crippen LogP contribution < -0.4 is 5.73 Å². The zero-order valence-electron chi connectivity index (χ0n) is 9.33. The molecule has 0 spiro atoms. The molecule has 0 unspecified atom stereocenters. The van der Waals surface area contributed by atoms with Gasteiger partial charge in [0.05, 0.1) is 15.9 Å². The lowest BCUT2D eigenvalue weighted by Gasteiger charge is -1.97. The number of halogens is 1. The minimum Gasteiger partial charge on any atom is -0.330 e. The summed E-state index contributed by atoms with van der Waals surface area (Å²) in [4.78, 5) is 0. The highest BCUT2D eigenvalue weighted by Crippen LogP contribution is 2.22. The van der Waals surface area contributed by atoms with Crippen molar-refractivity contribution in [1.82, 2.24) is 9.78 Å². The minimum atomic E-state index is 0.712. The second kappa shape index (κ2) is 6.08. The zero-order valence-corrected chi connectivity index (χ0v) is 10.9. The molecule has 0 amide bonds. The molecule has 0 saturated heterocycles. The van der Waals surface area contributed by atoms with Crippen LogP contribution in [0.3, 0.4) is 0 Å². The van der Waals surface area contributed by atoms with E-state index in [4.69, 9.17) is 5.73 Å². The first kappa shape index (κ1) is 12.5. The number of aromatic nitrogens is 2. The summed E-state index contributed by atoms with van der Waals surface area (Å²) >= 11 is 3.59. The highest BCUT2D eigenvalue weighted by molar-refractivity contribution is 9.10. The Morgan fingerprint density at radius 1 is 1.47 bits per heavy atom. The number of allylic oxidation sites excluding steroid dienone is 1. The number of nitrogens with two attached hydrogens (primary N) is 1. The van der Waals surface area contributed by atoms with Gasteiger partial charge in [0.15, 0.2) is 0 Å². The molecule has 1 aromatic heterocycles. The van der Waals surface area contributed by atoms with Crippen molar-refractivity contribution in [2.75, 3.05) is 6.54 Å². The van der Waals surface area contributed by atoms with Gasteiger partial charge in [-0.1, -0.05) is 19.1 Å². The van der Waals surface area contributed by atoms with Crippen molar-refractivity contribution in [2.24, 2.45) is 12.8 Å². The second-order valence-corrected chi connectivity index (χ2v) is 4.23. The molecule has 0 fully saturated rings. The quantitative estimate of drug-likeness (QED) is 0.835. The van der Waals surface area contributed by atoms with Gasteiger partial charge in [-0.15, -0.1) is 0 Å². The summed E-state index contributed by atoms with van der Waals surface area (Å²) in [6, 6.07) is 0. The Labute approximate surface area is 99.5 Å². The average molecular weight is 272 g/mol. The molecule has 1 aromatic rings. The van der Waals surface area contributed by atoms with Crippen LogP contribution in [0.1, 0.15) is 24.7 Å². The predicted molar refractivity (Wildman–Crippen MR) is 66.8 cm³/mol. The van der Waals surface area contributed by atoms with Gasteiger partial charge in [-0.25, -0.2) is 0 Å². The van der Waals surface area contributed by atoms with Crippen LogP contribution in [0.2, 0.25) is 0 Å². The van der Waals surface area contributed by atoms with Gasteiger partial charge >= 0.3 is 0 Å². The van der Waals surface area contributed by atoms with E-state index in [1.54, 1.807) is 0 Å². The lowest BCUT2D eigenvalue weighted by atomic mass is 10.2. The molecule has 15 heavy (non-hydrogen) atoms. The Balaban J connectivity index is 2.72. The SMILES string of the molecule is CCc1nn(C)c(CC=CCCN)c1Br. The molecule has 0 aliphatic carbocycles. The maximum Gasteiger partial charge on any atom is 0.0766 e. The number of rotatable bonds is 5. The van der Waals surface area contributed by atoms with Crippen LogP contribution in [-0.4, -0.2) is 16.3 Å². The van der Waals surface area contributed by atoms with Crippen LogP contribution in [-0.2, 0) is 19.9 Å². The van der Waals surface area contributed by atoms with Gasteiger partial charge in [0.1, 0.15) is 0 Å². The fourth-order valence-corrected chi connectivity index (χ4v) is 2.23. The highest BCUT2D eigenvalue weighted by Gasteiger charge is 2.10. The van der Waals surface area contributed by atoms with E-state index < -0.39 is 0 Å². The molecule has 1 rings (SSSR count). The molecule has 84 valence electrons. The molecule has 1 heterocycles. The third-order valence-corrected chi connectivity index (χ3v) is 3.23.